The Kier molecular flexibility index (Phi) is 10.7. The van der Waals surface area contributed by atoms with Gasteiger partial charge in [-0.2, -0.15) is 0 Å². The second-order valence-electron chi connectivity index (χ2n) is 14.4. The first-order chi connectivity index (χ1) is 19.8. The quantitative estimate of drug-likeness (QED) is 0.181. The smallest absolute Gasteiger partial charge is 0.261 e. The molecule has 2 aliphatic heterocycles. The van der Waals surface area contributed by atoms with Crippen LogP contribution >= 0.6 is 0 Å². The third-order valence-corrected chi connectivity index (χ3v) is 21.0. The van der Waals surface area contributed by atoms with Gasteiger partial charge in [-0.3, -0.25) is 0 Å². The Balaban J connectivity index is 1.60. The van der Waals surface area contributed by atoms with Crippen LogP contribution in [0.1, 0.15) is 88.0 Å². The Bertz CT molecular complexity index is 1060. The molecule has 7 heteroatoms. The highest BCUT2D eigenvalue weighted by atomic mass is 28.4. The van der Waals surface area contributed by atoms with Crippen molar-refractivity contribution in [2.45, 2.75) is 134 Å². The zero-order chi connectivity index (χ0) is 30.8. The van der Waals surface area contributed by atoms with Crippen molar-refractivity contribution in [1.29, 1.82) is 0 Å². The first-order valence-electron chi connectivity index (χ1n) is 16.2. The van der Waals surface area contributed by atoms with E-state index in [0.717, 1.165) is 12.8 Å². The van der Waals surface area contributed by atoms with E-state index in [1.54, 1.807) is 0 Å². The summed E-state index contributed by atoms with van der Waals surface area (Å²) in [6, 6.07) is 21.7. The van der Waals surface area contributed by atoms with Crippen LogP contribution in [0.3, 0.4) is 0 Å². The van der Waals surface area contributed by atoms with Crippen LogP contribution in [0.2, 0.25) is 21.7 Å². The van der Waals surface area contributed by atoms with Gasteiger partial charge in [0.05, 0.1) is 12.2 Å². The summed E-state index contributed by atoms with van der Waals surface area (Å²) in [4.78, 5) is 0. The number of fused-ring (bicyclic) bond motifs is 1. The maximum absolute atomic E-state index is 9.64. The molecule has 2 heterocycles. The lowest BCUT2D eigenvalue weighted by Crippen LogP contribution is -2.66. The molecule has 2 aliphatic rings. The molecule has 4 atom stereocenters. The molecule has 0 unspecified atom stereocenters. The summed E-state index contributed by atoms with van der Waals surface area (Å²) in [5, 5.41) is 12.2. The lowest BCUT2D eigenvalue weighted by atomic mass is 9.97. The highest BCUT2D eigenvalue weighted by Crippen LogP contribution is 2.54. The molecule has 0 aliphatic carbocycles. The zero-order valence-corrected chi connectivity index (χ0v) is 29.6. The first-order valence-corrected chi connectivity index (χ1v) is 20.3. The van der Waals surface area contributed by atoms with Crippen molar-refractivity contribution in [3.63, 3.8) is 0 Å². The minimum Gasteiger partial charge on any atom is -0.410 e. The van der Waals surface area contributed by atoms with Crippen molar-refractivity contribution < 1.29 is 23.4 Å². The molecule has 0 bridgehead atoms. The van der Waals surface area contributed by atoms with Crippen LogP contribution in [0.4, 0.5) is 0 Å². The summed E-state index contributed by atoms with van der Waals surface area (Å²) in [5.41, 5.74) is 1.51. The van der Waals surface area contributed by atoms with E-state index in [1.807, 2.05) is 0 Å². The SMILES string of the molecule is CC(C)[Si](O[C@H]1C[C@@H](CCO[Si](c2ccccc2)(c2ccccc2)C(C)(C)C)O[C@]2(CCCO)O[C@H]12)(C(C)C)C(C)C. The molecule has 2 fully saturated rings. The van der Waals surface area contributed by atoms with Crippen LogP contribution < -0.4 is 10.4 Å². The predicted octanol–water partition coefficient (Wildman–Crippen LogP) is 7.17. The molecule has 234 valence electrons. The maximum atomic E-state index is 9.64. The van der Waals surface area contributed by atoms with Crippen LogP contribution in [0, 0.1) is 0 Å². The maximum Gasteiger partial charge on any atom is 0.261 e. The number of ether oxygens (including phenoxy) is 2. The summed E-state index contributed by atoms with van der Waals surface area (Å²) in [7, 11) is -4.73. The third-order valence-electron chi connectivity index (χ3n) is 9.82. The summed E-state index contributed by atoms with van der Waals surface area (Å²) >= 11 is 0. The zero-order valence-electron chi connectivity index (χ0n) is 27.6. The van der Waals surface area contributed by atoms with Gasteiger partial charge in [0.1, 0.15) is 6.10 Å². The normalized spacial score (nSPS) is 24.8. The second kappa shape index (κ2) is 13.3. The molecule has 42 heavy (non-hydrogen) atoms. The number of aliphatic hydroxyl groups is 1. The molecule has 0 aromatic heterocycles. The largest absolute Gasteiger partial charge is 0.410 e. The summed E-state index contributed by atoms with van der Waals surface area (Å²) in [6.45, 7) is 21.7. The van der Waals surface area contributed by atoms with E-state index in [9.17, 15) is 5.11 Å². The van der Waals surface area contributed by atoms with Crippen LogP contribution in [0.25, 0.3) is 0 Å². The second-order valence-corrected chi connectivity index (χ2v) is 24.1. The van der Waals surface area contributed by atoms with Crippen molar-refractivity contribution >= 4 is 27.0 Å². The molecule has 0 radical (unpaired) electrons. The number of benzene rings is 2. The number of hydrogen-bond acceptors (Lipinski definition) is 5. The molecular weight excluding hydrogens is 557 g/mol. The van der Waals surface area contributed by atoms with Gasteiger partial charge in [0.25, 0.3) is 8.32 Å². The van der Waals surface area contributed by atoms with Crippen molar-refractivity contribution in [2.75, 3.05) is 13.2 Å². The van der Waals surface area contributed by atoms with E-state index in [0.29, 0.717) is 36.1 Å². The Hall–Kier alpha value is -1.33. The van der Waals surface area contributed by atoms with Crippen LogP contribution in [0.15, 0.2) is 60.7 Å². The highest BCUT2D eigenvalue weighted by Gasteiger charge is 2.66. The summed E-state index contributed by atoms with van der Waals surface area (Å²) in [5.74, 6) is -0.640. The average molecular weight is 613 g/mol. The molecule has 4 rings (SSSR count). The van der Waals surface area contributed by atoms with Crippen molar-refractivity contribution in [2.24, 2.45) is 0 Å². The van der Waals surface area contributed by atoms with E-state index in [4.69, 9.17) is 18.3 Å². The van der Waals surface area contributed by atoms with Gasteiger partial charge < -0.3 is 23.4 Å². The van der Waals surface area contributed by atoms with Gasteiger partial charge in [0, 0.05) is 26.1 Å². The first kappa shape index (κ1) is 33.6. The minimum absolute atomic E-state index is 0.00849. The molecular formula is C35H56O5Si2. The molecule has 0 spiro atoms. The Morgan fingerprint density at radius 1 is 0.857 bits per heavy atom. The van der Waals surface area contributed by atoms with Gasteiger partial charge >= 0.3 is 0 Å². The molecule has 0 amide bonds. The summed E-state index contributed by atoms with van der Waals surface area (Å²) in [6.07, 6.45) is 2.88. The van der Waals surface area contributed by atoms with Gasteiger partial charge in [-0.15, -0.1) is 0 Å². The van der Waals surface area contributed by atoms with Crippen LogP contribution in [-0.4, -0.2) is 59.1 Å². The molecule has 2 saturated heterocycles. The van der Waals surface area contributed by atoms with Gasteiger partial charge in [0.2, 0.25) is 8.32 Å². The Morgan fingerprint density at radius 3 is 1.83 bits per heavy atom. The van der Waals surface area contributed by atoms with E-state index >= 15 is 0 Å². The monoisotopic (exact) mass is 612 g/mol. The van der Waals surface area contributed by atoms with Gasteiger partial charge in [0.15, 0.2) is 5.79 Å². The van der Waals surface area contributed by atoms with Crippen LogP contribution in [0.5, 0.6) is 0 Å². The number of rotatable bonds is 14. The minimum atomic E-state index is -2.62. The Labute approximate surface area is 257 Å². The van der Waals surface area contributed by atoms with Gasteiger partial charge in [-0.25, -0.2) is 0 Å². The predicted molar refractivity (Wildman–Crippen MR) is 178 cm³/mol. The molecule has 2 aromatic rings. The van der Waals surface area contributed by atoms with Crippen LogP contribution in [-0.2, 0) is 18.3 Å². The highest BCUT2D eigenvalue weighted by molar-refractivity contribution is 6.99. The molecule has 0 saturated carbocycles. The third kappa shape index (κ3) is 6.39. The van der Waals surface area contributed by atoms with E-state index in [2.05, 4.69) is 123 Å². The lowest BCUT2D eigenvalue weighted by molar-refractivity contribution is -0.125. The topological polar surface area (TPSA) is 60.5 Å². The fourth-order valence-electron chi connectivity index (χ4n) is 8.00. The number of hydrogen-bond donors (Lipinski definition) is 1. The average Bonchev–Trinajstić information content (AvgIpc) is 3.67. The van der Waals surface area contributed by atoms with E-state index in [1.165, 1.54) is 10.4 Å². The fraction of sp³-hybridized carbons (Fsp3) is 0.657. The molecule has 5 nitrogen and oxygen atoms in total. The van der Waals surface area contributed by atoms with Crippen molar-refractivity contribution in [3.8, 4) is 0 Å². The van der Waals surface area contributed by atoms with E-state index < -0.39 is 22.4 Å². The standard InChI is InChI=1S/C35H56O5Si2/c1-26(2)41(27(3)4,28(5)6)40-32-25-29(38-35(22-16-23-36)33(32)39-35)21-24-37-42(34(7,8)9,30-17-12-10-13-18-30)31-19-14-11-15-20-31/h10-15,17-20,26-29,32-33,36H,16,21-25H2,1-9H3/t29-,32+,33-,35-/m1/s1. The van der Waals surface area contributed by atoms with E-state index in [-0.39, 0.29) is 30.0 Å². The Morgan fingerprint density at radius 2 is 1.38 bits per heavy atom. The lowest BCUT2D eigenvalue weighted by Gasteiger charge is -2.46. The van der Waals surface area contributed by atoms with Crippen molar-refractivity contribution in [1.82, 2.24) is 0 Å². The fourth-order valence-corrected chi connectivity index (χ4v) is 18.1. The van der Waals surface area contributed by atoms with Gasteiger partial charge in [-0.05, 0) is 44.9 Å². The van der Waals surface area contributed by atoms with Gasteiger partial charge in [-0.1, -0.05) is 123 Å². The number of aliphatic hydroxyl groups excluding tert-OH is 1. The van der Waals surface area contributed by atoms with Crippen molar-refractivity contribution in [3.05, 3.63) is 60.7 Å². The molecule has 1 N–H and O–H groups in total. The molecule has 2 aromatic carbocycles. The number of epoxide rings is 1. The summed E-state index contributed by atoms with van der Waals surface area (Å²) < 4.78 is 27.7.